The number of hydrogen-bond acceptors (Lipinski definition) is 5. The van der Waals surface area contributed by atoms with Crippen LogP contribution in [0, 0.1) is 19.7 Å². The third kappa shape index (κ3) is 4.73. The van der Waals surface area contributed by atoms with Crippen LogP contribution in [0.3, 0.4) is 0 Å². The summed E-state index contributed by atoms with van der Waals surface area (Å²) in [6, 6.07) is 7.80. The first-order chi connectivity index (χ1) is 17.5. The van der Waals surface area contributed by atoms with Gasteiger partial charge in [-0.15, -0.1) is 0 Å². The SMILES string of the molecule is Cc1cc([C@H]2C[C@@H](c3cc4c(=O)n(C)c(C)nc4c(-c4ccc(C(F)(F)F)cc4F)n3)CCO2)ccn1. The predicted molar refractivity (Wildman–Crippen MR) is 130 cm³/mol. The van der Waals surface area contributed by atoms with E-state index in [2.05, 4.69) is 9.97 Å². The van der Waals surface area contributed by atoms with E-state index in [1.54, 1.807) is 26.2 Å². The molecule has 0 radical (unpaired) electrons. The van der Waals surface area contributed by atoms with Crippen LogP contribution in [-0.2, 0) is 18.0 Å². The number of benzene rings is 1. The van der Waals surface area contributed by atoms with Gasteiger partial charge in [-0.05, 0) is 68.7 Å². The molecule has 0 N–H and O–H groups in total. The van der Waals surface area contributed by atoms with Crippen molar-refractivity contribution in [2.45, 2.75) is 44.9 Å². The molecule has 0 spiro atoms. The fraction of sp³-hybridized carbons (Fsp3) is 0.333. The van der Waals surface area contributed by atoms with Gasteiger partial charge in [-0.1, -0.05) is 0 Å². The van der Waals surface area contributed by atoms with Gasteiger partial charge in [0.2, 0.25) is 0 Å². The Balaban J connectivity index is 1.66. The van der Waals surface area contributed by atoms with Crippen LogP contribution in [0.2, 0.25) is 0 Å². The largest absolute Gasteiger partial charge is 0.416 e. The first-order valence-electron chi connectivity index (χ1n) is 11.8. The van der Waals surface area contributed by atoms with Gasteiger partial charge >= 0.3 is 6.18 Å². The normalized spacial score (nSPS) is 18.4. The molecule has 1 aromatic carbocycles. The molecule has 192 valence electrons. The highest BCUT2D eigenvalue weighted by Gasteiger charge is 2.32. The minimum Gasteiger partial charge on any atom is -0.373 e. The molecule has 0 aliphatic carbocycles. The van der Waals surface area contributed by atoms with E-state index in [-0.39, 0.29) is 39.7 Å². The molecular weight excluding hydrogens is 488 g/mol. The number of halogens is 4. The van der Waals surface area contributed by atoms with Crippen LogP contribution in [0.1, 0.15) is 53.2 Å². The van der Waals surface area contributed by atoms with Crippen LogP contribution in [0.4, 0.5) is 17.6 Å². The predicted octanol–water partition coefficient (Wildman–Crippen LogP) is 5.80. The lowest BCUT2D eigenvalue weighted by atomic mass is 9.88. The van der Waals surface area contributed by atoms with Gasteiger partial charge in [-0.3, -0.25) is 19.3 Å². The van der Waals surface area contributed by atoms with E-state index in [9.17, 15) is 18.0 Å². The minimum absolute atomic E-state index is 0.0438. The Morgan fingerprint density at radius 1 is 1.08 bits per heavy atom. The smallest absolute Gasteiger partial charge is 0.373 e. The number of pyridine rings is 2. The maximum Gasteiger partial charge on any atom is 0.416 e. The molecule has 1 saturated heterocycles. The first-order valence-corrected chi connectivity index (χ1v) is 11.8. The standard InChI is InChI=1S/C27H24F4N4O2/c1-14-10-17(6-8-32-14)23-11-16(7-9-37-23)22-13-20-25(33-15(2)35(3)26(20)36)24(34-22)19-5-4-18(12-21(19)28)27(29,30)31/h4-6,8,10,12-13,16,23H,7,9,11H2,1-3H3/t16-,23+/m0/s1. The van der Waals surface area contributed by atoms with Crippen LogP contribution in [0.15, 0.2) is 47.4 Å². The first kappa shape index (κ1) is 25.0. The second kappa shape index (κ2) is 9.33. The third-order valence-electron chi connectivity index (χ3n) is 6.85. The van der Waals surface area contributed by atoms with Crippen molar-refractivity contribution < 1.29 is 22.3 Å². The van der Waals surface area contributed by atoms with Gasteiger partial charge in [0, 0.05) is 42.7 Å². The van der Waals surface area contributed by atoms with E-state index in [0.29, 0.717) is 37.0 Å². The zero-order chi connectivity index (χ0) is 26.5. The van der Waals surface area contributed by atoms with Crippen LogP contribution in [0.25, 0.3) is 22.2 Å². The Bertz CT molecular complexity index is 1570. The van der Waals surface area contributed by atoms with Gasteiger partial charge in [0.05, 0.1) is 22.7 Å². The zero-order valence-electron chi connectivity index (χ0n) is 20.4. The number of ether oxygens (including phenoxy) is 1. The number of hydrogen-bond donors (Lipinski definition) is 0. The van der Waals surface area contributed by atoms with E-state index >= 15 is 4.39 Å². The van der Waals surface area contributed by atoms with E-state index in [4.69, 9.17) is 9.72 Å². The average Bonchev–Trinajstić information content (AvgIpc) is 2.86. The molecule has 0 unspecified atom stereocenters. The molecule has 0 amide bonds. The molecule has 1 aliphatic rings. The number of nitrogens with zero attached hydrogens (tertiary/aromatic N) is 4. The summed E-state index contributed by atoms with van der Waals surface area (Å²) >= 11 is 0. The van der Waals surface area contributed by atoms with Crippen LogP contribution < -0.4 is 5.56 Å². The summed E-state index contributed by atoms with van der Waals surface area (Å²) in [5, 5.41) is 0.232. The molecule has 4 aromatic rings. The number of aryl methyl sites for hydroxylation is 2. The molecule has 37 heavy (non-hydrogen) atoms. The van der Waals surface area contributed by atoms with Gasteiger partial charge in [0.1, 0.15) is 17.2 Å². The Morgan fingerprint density at radius 2 is 1.86 bits per heavy atom. The summed E-state index contributed by atoms with van der Waals surface area (Å²) in [4.78, 5) is 26.6. The molecule has 0 saturated carbocycles. The number of aromatic nitrogens is 4. The Kier molecular flexibility index (Phi) is 6.31. The Morgan fingerprint density at radius 3 is 2.57 bits per heavy atom. The molecule has 5 rings (SSSR count). The van der Waals surface area contributed by atoms with Crippen molar-refractivity contribution in [1.82, 2.24) is 19.5 Å². The molecule has 4 heterocycles. The summed E-state index contributed by atoms with van der Waals surface area (Å²) in [6.45, 7) is 3.97. The second-order valence-corrected chi connectivity index (χ2v) is 9.32. The van der Waals surface area contributed by atoms with Gasteiger partial charge < -0.3 is 4.74 Å². The maximum atomic E-state index is 15.1. The van der Waals surface area contributed by atoms with Gasteiger partial charge in [0.15, 0.2) is 0 Å². The number of rotatable bonds is 3. The highest BCUT2D eigenvalue weighted by molar-refractivity contribution is 5.91. The van der Waals surface area contributed by atoms with E-state index < -0.39 is 17.6 Å². The summed E-state index contributed by atoms with van der Waals surface area (Å²) < 4.78 is 61.9. The van der Waals surface area contributed by atoms with Crippen LogP contribution in [0.5, 0.6) is 0 Å². The van der Waals surface area contributed by atoms with E-state index in [0.717, 1.165) is 23.4 Å². The highest BCUT2D eigenvalue weighted by atomic mass is 19.4. The summed E-state index contributed by atoms with van der Waals surface area (Å²) in [5.41, 5.74) is 0.982. The van der Waals surface area contributed by atoms with Crippen molar-refractivity contribution in [3.63, 3.8) is 0 Å². The zero-order valence-corrected chi connectivity index (χ0v) is 20.4. The molecule has 1 aliphatic heterocycles. The molecule has 6 nitrogen and oxygen atoms in total. The lowest BCUT2D eigenvalue weighted by Crippen LogP contribution is -2.23. The van der Waals surface area contributed by atoms with Gasteiger partial charge in [0.25, 0.3) is 5.56 Å². The fourth-order valence-corrected chi connectivity index (χ4v) is 4.74. The monoisotopic (exact) mass is 512 g/mol. The fourth-order valence-electron chi connectivity index (χ4n) is 4.74. The number of alkyl halides is 3. The van der Waals surface area contributed by atoms with Gasteiger partial charge in [-0.25, -0.2) is 9.37 Å². The van der Waals surface area contributed by atoms with Crippen molar-refractivity contribution in [3.8, 4) is 11.3 Å². The molecule has 10 heteroatoms. The minimum atomic E-state index is -4.69. The second-order valence-electron chi connectivity index (χ2n) is 9.32. The Labute approximate surface area is 210 Å². The van der Waals surface area contributed by atoms with E-state index in [1.807, 2.05) is 19.1 Å². The van der Waals surface area contributed by atoms with Crippen molar-refractivity contribution in [3.05, 3.63) is 87.1 Å². The summed E-state index contributed by atoms with van der Waals surface area (Å²) in [5.74, 6) is -0.836. The highest BCUT2D eigenvalue weighted by Crippen LogP contribution is 2.39. The Hall–Kier alpha value is -3.66. The topological polar surface area (TPSA) is 69.9 Å². The molecule has 1 fully saturated rings. The molecule has 0 bridgehead atoms. The van der Waals surface area contributed by atoms with Crippen LogP contribution >= 0.6 is 0 Å². The quantitative estimate of drug-likeness (QED) is 0.325. The maximum absolute atomic E-state index is 15.1. The molecule has 3 aromatic heterocycles. The summed E-state index contributed by atoms with van der Waals surface area (Å²) in [7, 11) is 1.58. The lowest BCUT2D eigenvalue weighted by molar-refractivity contribution is -0.137. The van der Waals surface area contributed by atoms with Crippen LogP contribution in [-0.4, -0.2) is 26.1 Å². The van der Waals surface area contributed by atoms with Gasteiger partial charge in [-0.2, -0.15) is 13.2 Å². The van der Waals surface area contributed by atoms with Crippen molar-refractivity contribution >= 4 is 10.9 Å². The average molecular weight is 513 g/mol. The van der Waals surface area contributed by atoms with Crippen molar-refractivity contribution in [1.29, 1.82) is 0 Å². The molecular formula is C27H24F4N4O2. The number of fused-ring (bicyclic) bond motifs is 1. The third-order valence-corrected chi connectivity index (χ3v) is 6.85. The summed E-state index contributed by atoms with van der Waals surface area (Å²) in [6.07, 6.45) is -2.01. The molecule has 2 atom stereocenters. The lowest BCUT2D eigenvalue weighted by Gasteiger charge is -2.30. The van der Waals surface area contributed by atoms with Crippen molar-refractivity contribution in [2.75, 3.05) is 6.61 Å². The van der Waals surface area contributed by atoms with E-state index in [1.165, 1.54) is 4.57 Å². The van der Waals surface area contributed by atoms with Crippen molar-refractivity contribution in [2.24, 2.45) is 7.05 Å².